The third-order valence-corrected chi connectivity index (χ3v) is 5.59. The van der Waals surface area contributed by atoms with E-state index < -0.39 is 6.43 Å². The summed E-state index contributed by atoms with van der Waals surface area (Å²) in [4.78, 5) is 16.8. The molecule has 5 nitrogen and oxygen atoms in total. The lowest BCUT2D eigenvalue weighted by Crippen LogP contribution is -2.49. The first-order chi connectivity index (χ1) is 13.5. The van der Waals surface area contributed by atoms with Crippen molar-refractivity contribution >= 4 is 17.5 Å². The minimum Gasteiger partial charge on any atom is -0.339 e. The van der Waals surface area contributed by atoms with E-state index in [4.69, 9.17) is 11.6 Å². The minimum atomic E-state index is -2.61. The van der Waals surface area contributed by atoms with Gasteiger partial charge in [-0.15, -0.1) is 0 Å². The average Bonchev–Trinajstić information content (AvgIpc) is 3.42. The third kappa shape index (κ3) is 4.52. The highest BCUT2D eigenvalue weighted by molar-refractivity contribution is 6.30. The molecule has 1 aromatic carbocycles. The smallest absolute Gasteiger partial charge is 0.282 e. The van der Waals surface area contributed by atoms with Gasteiger partial charge >= 0.3 is 0 Å². The van der Waals surface area contributed by atoms with E-state index in [9.17, 15) is 13.6 Å². The Labute approximate surface area is 167 Å². The fourth-order valence-electron chi connectivity index (χ4n) is 3.67. The fourth-order valence-corrected chi connectivity index (χ4v) is 3.88. The van der Waals surface area contributed by atoms with E-state index in [2.05, 4.69) is 10.00 Å². The predicted octanol–water partition coefficient (Wildman–Crippen LogP) is 3.70. The summed E-state index contributed by atoms with van der Waals surface area (Å²) >= 11 is 6.04. The van der Waals surface area contributed by atoms with Crippen LogP contribution in [-0.4, -0.2) is 51.7 Å². The summed E-state index contributed by atoms with van der Waals surface area (Å²) in [6.07, 6.45) is -0.654. The second kappa shape index (κ2) is 8.17. The molecule has 1 saturated heterocycles. The first-order valence-electron chi connectivity index (χ1n) is 9.60. The van der Waals surface area contributed by atoms with Gasteiger partial charge in [-0.05, 0) is 36.6 Å². The van der Waals surface area contributed by atoms with Gasteiger partial charge in [-0.3, -0.25) is 14.4 Å². The molecular formula is C20H23ClF2N4O. The lowest BCUT2D eigenvalue weighted by molar-refractivity contribution is -0.133. The molecule has 2 aliphatic rings. The first-order valence-corrected chi connectivity index (χ1v) is 9.98. The fraction of sp³-hybridized carbons (Fsp3) is 0.500. The molecule has 1 aliphatic heterocycles. The quantitative estimate of drug-likeness (QED) is 0.732. The molecule has 2 fully saturated rings. The molecular weight excluding hydrogens is 386 g/mol. The molecule has 28 heavy (non-hydrogen) atoms. The van der Waals surface area contributed by atoms with Crippen LogP contribution in [-0.2, 0) is 17.9 Å². The molecule has 0 atom stereocenters. The van der Waals surface area contributed by atoms with Crippen molar-refractivity contribution < 1.29 is 13.6 Å². The van der Waals surface area contributed by atoms with E-state index in [0.717, 1.165) is 48.8 Å². The number of aromatic nitrogens is 2. The summed E-state index contributed by atoms with van der Waals surface area (Å²) in [7, 11) is 0. The van der Waals surface area contributed by atoms with Crippen LogP contribution in [0, 0.1) is 0 Å². The van der Waals surface area contributed by atoms with Crippen molar-refractivity contribution in [1.82, 2.24) is 19.6 Å². The Hall–Kier alpha value is -1.99. The summed E-state index contributed by atoms with van der Waals surface area (Å²) in [5, 5.41) is 4.70. The lowest BCUT2D eigenvalue weighted by atomic mass is 10.2. The molecule has 1 saturated carbocycles. The van der Waals surface area contributed by atoms with E-state index in [1.54, 1.807) is 4.90 Å². The van der Waals surface area contributed by atoms with Crippen LogP contribution in [0.1, 0.15) is 42.1 Å². The van der Waals surface area contributed by atoms with Gasteiger partial charge < -0.3 is 4.90 Å². The van der Waals surface area contributed by atoms with Crippen LogP contribution < -0.4 is 0 Å². The second-order valence-corrected chi connectivity index (χ2v) is 7.95. The number of nitrogens with zero attached hydrogens (tertiary/aromatic N) is 4. The Morgan fingerprint density at radius 3 is 2.57 bits per heavy atom. The number of rotatable bonds is 6. The highest BCUT2D eigenvalue weighted by Crippen LogP contribution is 2.41. The zero-order chi connectivity index (χ0) is 19.7. The summed E-state index contributed by atoms with van der Waals surface area (Å²) in [5.41, 5.74) is 1.68. The van der Waals surface area contributed by atoms with Crippen molar-refractivity contribution in [3.05, 3.63) is 52.3 Å². The molecule has 2 aromatic rings. The van der Waals surface area contributed by atoms with Gasteiger partial charge in [0.25, 0.3) is 6.43 Å². The maximum absolute atomic E-state index is 13.0. The van der Waals surface area contributed by atoms with Gasteiger partial charge in [0.05, 0.1) is 0 Å². The molecule has 150 valence electrons. The molecule has 0 N–H and O–H groups in total. The first kappa shape index (κ1) is 19.3. The van der Waals surface area contributed by atoms with Gasteiger partial charge in [-0.2, -0.15) is 5.10 Å². The highest BCUT2D eigenvalue weighted by atomic mass is 35.5. The van der Waals surface area contributed by atoms with Crippen LogP contribution in [0.4, 0.5) is 8.78 Å². The van der Waals surface area contributed by atoms with E-state index in [0.29, 0.717) is 13.1 Å². The summed E-state index contributed by atoms with van der Waals surface area (Å²) in [6.45, 7) is 3.63. The van der Waals surface area contributed by atoms with Crippen LogP contribution in [0.5, 0.6) is 0 Å². The maximum atomic E-state index is 13.0. The molecule has 0 unspecified atom stereocenters. The standard InChI is InChI=1S/C20H23ClF2N4O/c21-16-3-1-2-14(10-16)12-25-6-8-26(9-7-25)19(28)13-27-18(15-4-5-15)11-17(24-27)20(22)23/h1-3,10-11,15,20H,4-9,12-13H2. The summed E-state index contributed by atoms with van der Waals surface area (Å²) < 4.78 is 27.5. The molecule has 1 aromatic heterocycles. The minimum absolute atomic E-state index is 0.0346. The van der Waals surface area contributed by atoms with Crippen molar-refractivity contribution in [3.63, 3.8) is 0 Å². The predicted molar refractivity (Wildman–Crippen MR) is 102 cm³/mol. The number of halogens is 3. The number of hydrogen-bond acceptors (Lipinski definition) is 3. The molecule has 8 heteroatoms. The van der Waals surface area contributed by atoms with Gasteiger partial charge in [0.15, 0.2) is 0 Å². The molecule has 0 spiro atoms. The van der Waals surface area contributed by atoms with E-state index in [1.807, 2.05) is 24.3 Å². The molecule has 4 rings (SSSR count). The molecule has 1 amide bonds. The van der Waals surface area contributed by atoms with Crippen LogP contribution in [0.2, 0.25) is 5.02 Å². The average molecular weight is 409 g/mol. The van der Waals surface area contributed by atoms with Gasteiger partial charge in [0, 0.05) is 49.4 Å². The summed E-state index contributed by atoms with van der Waals surface area (Å²) in [5.74, 6) is 0.204. The Bertz CT molecular complexity index is 844. The number of amides is 1. The summed E-state index contributed by atoms with van der Waals surface area (Å²) in [6, 6.07) is 9.25. The highest BCUT2D eigenvalue weighted by Gasteiger charge is 2.31. The third-order valence-electron chi connectivity index (χ3n) is 5.35. The van der Waals surface area contributed by atoms with Gasteiger partial charge in [0.1, 0.15) is 12.2 Å². The van der Waals surface area contributed by atoms with Crippen LogP contribution >= 0.6 is 11.6 Å². The Morgan fingerprint density at radius 2 is 1.93 bits per heavy atom. The van der Waals surface area contributed by atoms with Crippen molar-refractivity contribution in [2.24, 2.45) is 0 Å². The van der Waals surface area contributed by atoms with E-state index in [1.165, 1.54) is 10.7 Å². The van der Waals surface area contributed by atoms with Crippen molar-refractivity contribution in [2.75, 3.05) is 26.2 Å². The van der Waals surface area contributed by atoms with Gasteiger partial charge in [-0.25, -0.2) is 8.78 Å². The van der Waals surface area contributed by atoms with Gasteiger partial charge in [-0.1, -0.05) is 23.7 Å². The van der Waals surface area contributed by atoms with Crippen LogP contribution in [0.25, 0.3) is 0 Å². The topological polar surface area (TPSA) is 41.4 Å². The van der Waals surface area contributed by atoms with Gasteiger partial charge in [0.2, 0.25) is 5.91 Å². The number of carbonyl (C=O) groups excluding carboxylic acids is 1. The zero-order valence-electron chi connectivity index (χ0n) is 15.5. The largest absolute Gasteiger partial charge is 0.339 e. The SMILES string of the molecule is O=C(Cn1nc(C(F)F)cc1C1CC1)N1CCN(Cc2cccc(Cl)c2)CC1. The Morgan fingerprint density at radius 1 is 1.18 bits per heavy atom. The van der Waals surface area contributed by atoms with Crippen molar-refractivity contribution in [1.29, 1.82) is 0 Å². The number of benzene rings is 1. The van der Waals surface area contributed by atoms with E-state index >= 15 is 0 Å². The number of hydrogen-bond donors (Lipinski definition) is 0. The lowest BCUT2D eigenvalue weighted by Gasteiger charge is -2.34. The van der Waals surface area contributed by atoms with Crippen molar-refractivity contribution in [2.45, 2.75) is 38.3 Å². The number of carbonyl (C=O) groups is 1. The second-order valence-electron chi connectivity index (χ2n) is 7.51. The van der Waals surface area contributed by atoms with Crippen LogP contribution in [0.15, 0.2) is 30.3 Å². The van der Waals surface area contributed by atoms with Crippen molar-refractivity contribution in [3.8, 4) is 0 Å². The van der Waals surface area contributed by atoms with Crippen LogP contribution in [0.3, 0.4) is 0 Å². The van der Waals surface area contributed by atoms with E-state index in [-0.39, 0.29) is 24.1 Å². The molecule has 0 bridgehead atoms. The monoisotopic (exact) mass is 408 g/mol. The molecule has 1 aliphatic carbocycles. The maximum Gasteiger partial charge on any atom is 0.282 e. The number of piperazine rings is 1. The normalized spacial score (nSPS) is 18.1. The molecule has 0 radical (unpaired) electrons. The Balaban J connectivity index is 1.33. The Kier molecular flexibility index (Phi) is 5.64. The molecule has 2 heterocycles. The zero-order valence-corrected chi connectivity index (χ0v) is 16.3. The number of alkyl halides is 2.